The molecule has 3 rings (SSSR count). The van der Waals surface area contributed by atoms with Gasteiger partial charge < -0.3 is 14.6 Å². The second-order valence-corrected chi connectivity index (χ2v) is 5.86. The average molecular weight is 349 g/mol. The molecular weight excluding hydrogens is 330 g/mol. The molecule has 0 unspecified atom stereocenters. The number of aromatic nitrogens is 2. The monoisotopic (exact) mass is 349 g/mol. The average Bonchev–Trinajstić information content (AvgIpc) is 2.67. The van der Waals surface area contributed by atoms with Gasteiger partial charge in [0.2, 0.25) is 0 Å². The summed E-state index contributed by atoms with van der Waals surface area (Å²) < 4.78 is 5.13. The minimum Gasteiger partial charge on any atom is -0.497 e. The van der Waals surface area contributed by atoms with E-state index in [1.807, 2.05) is 30.3 Å². The van der Waals surface area contributed by atoms with Crippen molar-refractivity contribution in [2.24, 2.45) is 0 Å². The Hall–Kier alpha value is -3.41. The lowest BCUT2D eigenvalue weighted by Crippen LogP contribution is -2.29. The molecule has 1 heterocycles. The second-order valence-electron chi connectivity index (χ2n) is 5.86. The number of methoxy groups -OCH3 is 1. The van der Waals surface area contributed by atoms with Crippen LogP contribution in [-0.2, 0) is 6.54 Å². The Morgan fingerprint density at radius 2 is 1.81 bits per heavy atom. The first-order chi connectivity index (χ1) is 12.6. The molecule has 0 spiro atoms. The van der Waals surface area contributed by atoms with Gasteiger partial charge in [0.05, 0.1) is 12.8 Å². The molecule has 3 aromatic rings. The maximum Gasteiger partial charge on any atom is 0.346 e. The van der Waals surface area contributed by atoms with Crippen LogP contribution in [0.3, 0.4) is 0 Å². The van der Waals surface area contributed by atoms with E-state index in [2.05, 4.69) is 9.97 Å². The van der Waals surface area contributed by atoms with Crippen molar-refractivity contribution in [2.45, 2.75) is 6.54 Å². The van der Waals surface area contributed by atoms with Gasteiger partial charge in [-0.3, -0.25) is 4.79 Å². The number of hydrogen-bond donors (Lipinski definition) is 1. The molecule has 1 aromatic heterocycles. The van der Waals surface area contributed by atoms with Crippen LogP contribution in [0.25, 0.3) is 11.3 Å². The molecule has 132 valence electrons. The van der Waals surface area contributed by atoms with Gasteiger partial charge in [0.1, 0.15) is 11.4 Å². The number of nitrogens with one attached hydrogen (secondary N) is 1. The lowest BCUT2D eigenvalue weighted by molar-refractivity contribution is 0.0779. The van der Waals surface area contributed by atoms with Crippen LogP contribution in [0.1, 0.15) is 16.1 Å². The molecule has 0 bridgehead atoms. The molecule has 6 nitrogen and oxygen atoms in total. The molecule has 2 aromatic carbocycles. The summed E-state index contributed by atoms with van der Waals surface area (Å²) in [5.74, 6) is 0.431. The largest absolute Gasteiger partial charge is 0.497 e. The Morgan fingerprint density at radius 3 is 2.46 bits per heavy atom. The van der Waals surface area contributed by atoms with Gasteiger partial charge in [0.25, 0.3) is 5.91 Å². The number of amides is 1. The lowest BCUT2D eigenvalue weighted by Gasteiger charge is -2.17. The number of carbonyl (C=O) groups excluding carboxylic acids is 1. The number of nitrogens with zero attached hydrogens (tertiary/aromatic N) is 2. The number of rotatable bonds is 5. The minimum absolute atomic E-state index is 0.203. The SMILES string of the molecule is COc1ccc(-c2cc(C(=O)N(C)Cc3ccccc3)[nH]c(=O)n2)cc1. The highest BCUT2D eigenvalue weighted by atomic mass is 16.5. The molecule has 6 heteroatoms. The van der Waals surface area contributed by atoms with E-state index in [9.17, 15) is 9.59 Å². The van der Waals surface area contributed by atoms with E-state index in [1.54, 1.807) is 49.4 Å². The van der Waals surface area contributed by atoms with Crippen molar-refractivity contribution < 1.29 is 9.53 Å². The molecular formula is C20H19N3O3. The van der Waals surface area contributed by atoms with E-state index in [0.717, 1.165) is 11.1 Å². The highest BCUT2D eigenvalue weighted by molar-refractivity contribution is 5.93. The van der Waals surface area contributed by atoms with Crippen LogP contribution in [0.15, 0.2) is 65.5 Å². The fourth-order valence-electron chi connectivity index (χ4n) is 2.62. The second kappa shape index (κ2) is 7.65. The first kappa shape index (κ1) is 17.4. The van der Waals surface area contributed by atoms with Crippen LogP contribution in [0, 0.1) is 0 Å². The van der Waals surface area contributed by atoms with Crippen LogP contribution in [-0.4, -0.2) is 34.9 Å². The normalized spacial score (nSPS) is 10.4. The number of aromatic amines is 1. The van der Waals surface area contributed by atoms with Crippen LogP contribution in [0.2, 0.25) is 0 Å². The summed E-state index contributed by atoms with van der Waals surface area (Å²) in [6, 6.07) is 18.4. The minimum atomic E-state index is -0.560. The van der Waals surface area contributed by atoms with Crippen molar-refractivity contribution in [3.8, 4) is 17.0 Å². The van der Waals surface area contributed by atoms with E-state index in [1.165, 1.54) is 0 Å². The topological polar surface area (TPSA) is 75.3 Å². The molecule has 0 fully saturated rings. The van der Waals surface area contributed by atoms with Crippen LogP contribution in [0.4, 0.5) is 0 Å². The zero-order chi connectivity index (χ0) is 18.5. The Morgan fingerprint density at radius 1 is 1.12 bits per heavy atom. The van der Waals surface area contributed by atoms with Gasteiger partial charge in [-0.05, 0) is 35.9 Å². The highest BCUT2D eigenvalue weighted by Crippen LogP contribution is 2.20. The summed E-state index contributed by atoms with van der Waals surface area (Å²) in [5.41, 5.74) is 1.82. The van der Waals surface area contributed by atoms with Crippen molar-refractivity contribution in [2.75, 3.05) is 14.2 Å². The van der Waals surface area contributed by atoms with E-state index < -0.39 is 5.69 Å². The third-order valence-corrected chi connectivity index (χ3v) is 3.97. The summed E-state index contributed by atoms with van der Waals surface area (Å²) in [6.07, 6.45) is 0. The quantitative estimate of drug-likeness (QED) is 0.768. The van der Waals surface area contributed by atoms with Crippen molar-refractivity contribution in [1.29, 1.82) is 0 Å². The van der Waals surface area contributed by atoms with Gasteiger partial charge >= 0.3 is 5.69 Å². The summed E-state index contributed by atoms with van der Waals surface area (Å²) in [7, 11) is 3.28. The third kappa shape index (κ3) is 3.97. The first-order valence-electron chi connectivity index (χ1n) is 8.12. The molecule has 1 amide bonds. The van der Waals surface area contributed by atoms with Gasteiger partial charge in [-0.1, -0.05) is 30.3 Å². The van der Waals surface area contributed by atoms with Crippen LogP contribution >= 0.6 is 0 Å². The number of ether oxygens (including phenoxy) is 1. The maximum atomic E-state index is 12.7. The summed E-state index contributed by atoms with van der Waals surface area (Å²) in [6.45, 7) is 0.446. The molecule has 0 radical (unpaired) electrons. The first-order valence-corrected chi connectivity index (χ1v) is 8.12. The predicted octanol–water partition coefficient (Wildman–Crippen LogP) is 2.72. The maximum absolute atomic E-state index is 12.7. The van der Waals surface area contributed by atoms with E-state index >= 15 is 0 Å². The highest BCUT2D eigenvalue weighted by Gasteiger charge is 2.15. The molecule has 1 N–H and O–H groups in total. The summed E-state index contributed by atoms with van der Waals surface area (Å²) in [4.78, 5) is 32.7. The smallest absolute Gasteiger partial charge is 0.346 e. The molecule has 0 atom stereocenters. The van der Waals surface area contributed by atoms with E-state index in [0.29, 0.717) is 18.0 Å². The van der Waals surface area contributed by atoms with Crippen LogP contribution < -0.4 is 10.4 Å². The predicted molar refractivity (Wildman–Crippen MR) is 99.1 cm³/mol. The van der Waals surface area contributed by atoms with Crippen molar-refractivity contribution in [3.05, 3.63) is 82.4 Å². The third-order valence-electron chi connectivity index (χ3n) is 3.97. The van der Waals surface area contributed by atoms with Crippen molar-refractivity contribution >= 4 is 5.91 Å². The van der Waals surface area contributed by atoms with Gasteiger partial charge in [0, 0.05) is 19.2 Å². The molecule has 0 saturated carbocycles. The van der Waals surface area contributed by atoms with Gasteiger partial charge in [0.15, 0.2) is 0 Å². The Kier molecular flexibility index (Phi) is 5.12. The van der Waals surface area contributed by atoms with Gasteiger partial charge in [-0.15, -0.1) is 0 Å². The molecule has 0 aliphatic rings. The Bertz CT molecular complexity index is 950. The molecule has 0 aliphatic carbocycles. The Labute approximate surface area is 151 Å². The lowest BCUT2D eigenvalue weighted by atomic mass is 10.1. The fraction of sp³-hybridized carbons (Fsp3) is 0.150. The summed E-state index contributed by atoms with van der Waals surface area (Å²) >= 11 is 0. The molecule has 26 heavy (non-hydrogen) atoms. The standard InChI is InChI=1S/C20H19N3O3/c1-23(13-14-6-4-3-5-7-14)19(24)18-12-17(21-20(25)22-18)15-8-10-16(26-2)11-9-15/h3-12H,13H2,1-2H3,(H,21,22,25). The van der Waals surface area contributed by atoms with E-state index in [4.69, 9.17) is 4.74 Å². The zero-order valence-electron chi connectivity index (χ0n) is 14.6. The zero-order valence-corrected chi connectivity index (χ0v) is 14.6. The van der Waals surface area contributed by atoms with Crippen LogP contribution in [0.5, 0.6) is 5.75 Å². The van der Waals surface area contributed by atoms with Gasteiger partial charge in [-0.2, -0.15) is 4.98 Å². The number of H-pyrrole nitrogens is 1. The summed E-state index contributed by atoms with van der Waals surface area (Å²) in [5, 5.41) is 0. The number of carbonyl (C=O) groups is 1. The van der Waals surface area contributed by atoms with Gasteiger partial charge in [-0.25, -0.2) is 4.79 Å². The fourth-order valence-corrected chi connectivity index (χ4v) is 2.62. The molecule has 0 saturated heterocycles. The number of hydrogen-bond acceptors (Lipinski definition) is 4. The van der Waals surface area contributed by atoms with Crippen molar-refractivity contribution in [3.63, 3.8) is 0 Å². The van der Waals surface area contributed by atoms with Crippen molar-refractivity contribution in [1.82, 2.24) is 14.9 Å². The van der Waals surface area contributed by atoms with E-state index in [-0.39, 0.29) is 11.6 Å². The Balaban J connectivity index is 1.86. The number of benzene rings is 2. The molecule has 0 aliphatic heterocycles.